The van der Waals surface area contributed by atoms with Crippen LogP contribution in [0, 0.1) is 18.8 Å². The van der Waals surface area contributed by atoms with E-state index < -0.39 is 12.2 Å². The van der Waals surface area contributed by atoms with Crippen molar-refractivity contribution in [3.63, 3.8) is 0 Å². The zero-order chi connectivity index (χ0) is 33.6. The summed E-state index contributed by atoms with van der Waals surface area (Å²) >= 11 is 7.02. The van der Waals surface area contributed by atoms with Gasteiger partial charge in [-0.2, -0.15) is 5.10 Å². The molecule has 3 aliphatic rings. The van der Waals surface area contributed by atoms with Gasteiger partial charge in [0.1, 0.15) is 12.2 Å². The molecule has 3 aliphatic heterocycles. The van der Waals surface area contributed by atoms with Gasteiger partial charge in [0.05, 0.1) is 29.1 Å². The number of hydrogen-bond acceptors (Lipinski definition) is 6. The first-order valence-electron chi connectivity index (χ1n) is 17.7. The highest BCUT2D eigenvalue weighted by Gasteiger charge is 2.33. The summed E-state index contributed by atoms with van der Waals surface area (Å²) in [5, 5.41) is 10.1. The van der Waals surface area contributed by atoms with E-state index in [-0.39, 0.29) is 0 Å². The lowest BCUT2D eigenvalue weighted by atomic mass is 9.95. The number of aromatic nitrogens is 6. The van der Waals surface area contributed by atoms with Gasteiger partial charge in [-0.3, -0.25) is 4.68 Å². The molecule has 0 saturated carbocycles. The Morgan fingerprint density at radius 3 is 2.65 bits per heavy atom. The molecular formula is C38H45ClFN9. The Labute approximate surface area is 292 Å². The van der Waals surface area contributed by atoms with Gasteiger partial charge in [0.15, 0.2) is 0 Å². The molecule has 5 aromatic rings. The van der Waals surface area contributed by atoms with Crippen molar-refractivity contribution in [1.82, 2.24) is 34.2 Å². The van der Waals surface area contributed by atoms with E-state index in [0.717, 1.165) is 69.6 Å². The Hall–Kier alpha value is -4.15. The number of benzene rings is 2. The topological polar surface area (TPSA) is 82.8 Å². The van der Waals surface area contributed by atoms with E-state index in [1.54, 1.807) is 18.7 Å². The lowest BCUT2D eigenvalue weighted by Crippen LogP contribution is -2.38. The quantitative estimate of drug-likeness (QED) is 0.166. The number of piperidine rings is 1. The molecule has 256 valence electrons. The number of anilines is 2. The van der Waals surface area contributed by atoms with Crippen molar-refractivity contribution in [2.24, 2.45) is 11.8 Å². The van der Waals surface area contributed by atoms with Crippen LogP contribution in [-0.4, -0.2) is 73.1 Å². The third-order valence-electron chi connectivity index (χ3n) is 10.9. The fourth-order valence-electron chi connectivity index (χ4n) is 8.20. The molecular weight excluding hydrogens is 637 g/mol. The molecule has 0 bridgehead atoms. The van der Waals surface area contributed by atoms with Crippen LogP contribution in [0.5, 0.6) is 0 Å². The van der Waals surface area contributed by atoms with Crippen LogP contribution in [0.25, 0.3) is 22.0 Å². The van der Waals surface area contributed by atoms with Gasteiger partial charge in [0, 0.05) is 73.7 Å². The first-order chi connectivity index (χ1) is 23.8. The molecule has 3 aromatic heterocycles. The lowest BCUT2D eigenvalue weighted by Gasteiger charge is -2.35. The number of fused-ring (bicyclic) bond motifs is 2. The highest BCUT2D eigenvalue weighted by Crippen LogP contribution is 2.38. The molecule has 2 saturated heterocycles. The number of halogens is 2. The Kier molecular flexibility index (Phi) is 8.70. The summed E-state index contributed by atoms with van der Waals surface area (Å²) in [4.78, 5) is 17.5. The van der Waals surface area contributed by atoms with Gasteiger partial charge in [0.25, 0.3) is 0 Å². The zero-order valence-electron chi connectivity index (χ0n) is 28.5. The third kappa shape index (κ3) is 6.25. The first kappa shape index (κ1) is 32.1. The molecule has 0 aliphatic carbocycles. The van der Waals surface area contributed by atoms with Crippen LogP contribution in [-0.2, 0) is 13.0 Å². The number of nitrogens with one attached hydrogen (secondary N) is 2. The van der Waals surface area contributed by atoms with E-state index in [4.69, 9.17) is 21.7 Å². The minimum Gasteiger partial charge on any atom is -0.372 e. The van der Waals surface area contributed by atoms with E-state index in [1.165, 1.54) is 44.6 Å². The van der Waals surface area contributed by atoms with Crippen molar-refractivity contribution >= 4 is 34.1 Å². The lowest BCUT2D eigenvalue weighted by molar-refractivity contribution is 0.244. The summed E-state index contributed by atoms with van der Waals surface area (Å²) in [6.07, 6.45) is 12.4. The third-order valence-corrected chi connectivity index (χ3v) is 11.2. The Balaban J connectivity index is 1.06. The van der Waals surface area contributed by atoms with Gasteiger partial charge >= 0.3 is 0 Å². The second-order valence-corrected chi connectivity index (χ2v) is 14.7. The molecule has 0 spiro atoms. The fourth-order valence-corrected chi connectivity index (χ4v) is 8.45. The smallest absolute Gasteiger partial charge is 0.204 e. The van der Waals surface area contributed by atoms with Crippen molar-refractivity contribution in [1.29, 1.82) is 0 Å². The number of H-pyrrole nitrogens is 1. The second kappa shape index (κ2) is 13.3. The maximum atomic E-state index is 14.5. The minimum atomic E-state index is -0.928. The number of likely N-dealkylation sites (tertiary alicyclic amines) is 1. The number of nitrogens with zero attached hydrogens (tertiary/aromatic N) is 7. The molecule has 3 atom stereocenters. The number of aromatic amines is 1. The van der Waals surface area contributed by atoms with Gasteiger partial charge in [0.2, 0.25) is 5.95 Å². The van der Waals surface area contributed by atoms with Crippen molar-refractivity contribution in [2.45, 2.75) is 65.2 Å². The number of hydrogen-bond donors (Lipinski definition) is 2. The summed E-state index contributed by atoms with van der Waals surface area (Å²) in [6, 6.07) is 10.5. The molecule has 11 heteroatoms. The van der Waals surface area contributed by atoms with E-state index in [0.29, 0.717) is 23.9 Å². The Bertz CT molecular complexity index is 1950. The van der Waals surface area contributed by atoms with E-state index in [2.05, 4.69) is 69.3 Å². The SMILES string of the molecule is C/C=C(\Nc1ncc[nH]1)C(c1ncn2c1C[C@@H](F)C2)n1cc2c(Cl)cc(-c3ccc(N4CCC(CN5CCC(C)C5)CC4)cc3)c(C)c2n1. The molecule has 2 unspecified atom stereocenters. The van der Waals surface area contributed by atoms with Crippen molar-refractivity contribution in [3.8, 4) is 11.1 Å². The van der Waals surface area contributed by atoms with Crippen LogP contribution in [0.3, 0.4) is 0 Å². The number of allylic oxidation sites excluding steroid dienone is 2. The molecule has 2 fully saturated rings. The molecule has 0 radical (unpaired) electrons. The predicted molar refractivity (Wildman–Crippen MR) is 195 cm³/mol. The number of imidazole rings is 2. The van der Waals surface area contributed by atoms with Gasteiger partial charge < -0.3 is 24.7 Å². The standard InChI is InChI=1S/C38H45ClFN9/c1-4-33(44-38-41-12-13-42-38)37(36-34-17-28(40)21-48(34)23-43-36)49-22-31-32(39)18-30(25(3)35(31)45-49)27-5-7-29(8-6-27)47-15-10-26(11-16-47)20-46-14-9-24(2)19-46/h4-8,12-13,18,22-24,26,28,37H,9-11,14-17,19-21H2,1-3H3,(H2,41,42,44)/b33-4-/t24?,28-,37?/m1/s1. The minimum absolute atomic E-state index is 0.316. The van der Waals surface area contributed by atoms with Crippen LogP contribution in [0.2, 0.25) is 5.02 Å². The summed E-state index contributed by atoms with van der Waals surface area (Å²) in [7, 11) is 0. The summed E-state index contributed by atoms with van der Waals surface area (Å²) in [5.41, 5.74) is 7.81. The Morgan fingerprint density at radius 1 is 1.12 bits per heavy atom. The first-order valence-corrected chi connectivity index (χ1v) is 18.1. The maximum absolute atomic E-state index is 14.5. The van der Waals surface area contributed by atoms with Crippen LogP contribution in [0.15, 0.2) is 67.0 Å². The average molecular weight is 682 g/mol. The highest BCUT2D eigenvalue weighted by molar-refractivity contribution is 6.36. The fraction of sp³-hybridized carbons (Fsp3) is 0.447. The van der Waals surface area contributed by atoms with Crippen LogP contribution >= 0.6 is 11.6 Å². The highest BCUT2D eigenvalue weighted by atomic mass is 35.5. The monoisotopic (exact) mass is 681 g/mol. The Morgan fingerprint density at radius 2 is 1.94 bits per heavy atom. The van der Waals surface area contributed by atoms with Gasteiger partial charge in [-0.1, -0.05) is 36.7 Å². The molecule has 0 amide bonds. The van der Waals surface area contributed by atoms with Crippen molar-refractivity contribution in [2.75, 3.05) is 42.9 Å². The molecule has 9 nitrogen and oxygen atoms in total. The van der Waals surface area contributed by atoms with E-state index in [9.17, 15) is 4.39 Å². The number of aryl methyl sites for hydroxylation is 1. The zero-order valence-corrected chi connectivity index (χ0v) is 29.3. The predicted octanol–water partition coefficient (Wildman–Crippen LogP) is 7.64. The average Bonchev–Trinajstić information content (AvgIpc) is 3.95. The molecule has 6 heterocycles. The van der Waals surface area contributed by atoms with Gasteiger partial charge in [-0.25, -0.2) is 14.4 Å². The van der Waals surface area contributed by atoms with Crippen molar-refractivity contribution < 1.29 is 4.39 Å². The largest absolute Gasteiger partial charge is 0.372 e. The van der Waals surface area contributed by atoms with Crippen LogP contribution in [0.4, 0.5) is 16.0 Å². The summed E-state index contributed by atoms with van der Waals surface area (Å²) < 4.78 is 18.4. The summed E-state index contributed by atoms with van der Waals surface area (Å²) in [6.45, 7) is 12.8. The maximum Gasteiger partial charge on any atom is 0.204 e. The van der Waals surface area contributed by atoms with Crippen molar-refractivity contribution in [3.05, 3.63) is 89.0 Å². The van der Waals surface area contributed by atoms with E-state index in [1.807, 2.05) is 28.4 Å². The van der Waals surface area contributed by atoms with Gasteiger partial charge in [-0.15, -0.1) is 0 Å². The summed E-state index contributed by atoms with van der Waals surface area (Å²) in [5.74, 6) is 2.26. The number of alkyl halides is 1. The molecule has 2 N–H and O–H groups in total. The normalized spacial score (nSPS) is 21.2. The second-order valence-electron chi connectivity index (χ2n) is 14.3. The van der Waals surface area contributed by atoms with E-state index >= 15 is 0 Å². The van der Waals surface area contributed by atoms with Crippen LogP contribution < -0.4 is 10.2 Å². The molecule has 2 aromatic carbocycles. The molecule has 49 heavy (non-hydrogen) atoms. The number of rotatable bonds is 9. The van der Waals surface area contributed by atoms with Gasteiger partial charge in [-0.05, 0) is 86.4 Å². The van der Waals surface area contributed by atoms with Crippen LogP contribution in [0.1, 0.15) is 56.1 Å². The molecule has 8 rings (SSSR count).